The van der Waals surface area contributed by atoms with Crippen LogP contribution in [0.3, 0.4) is 0 Å². The molecule has 0 spiro atoms. The first-order chi connectivity index (χ1) is 8.79. The molecule has 0 bridgehead atoms. The summed E-state index contributed by atoms with van der Waals surface area (Å²) in [6.45, 7) is 2.36. The molecule has 1 aromatic rings. The Labute approximate surface area is 110 Å². The quantitative estimate of drug-likeness (QED) is 0.621. The fraction of sp³-hybridized carbons (Fsp3) is 0.667. The molecule has 0 aliphatic heterocycles. The van der Waals surface area contributed by atoms with Gasteiger partial charge in [-0.1, -0.05) is 19.8 Å². The van der Waals surface area contributed by atoms with Crippen LogP contribution in [0.4, 0.5) is 0 Å². The Morgan fingerprint density at radius 2 is 2.17 bits per heavy atom. The zero-order chi connectivity index (χ0) is 12.8. The largest absolute Gasteiger partial charge is 0.271 e. The van der Waals surface area contributed by atoms with E-state index in [2.05, 4.69) is 29.5 Å². The maximum atomic E-state index is 5.75. The van der Waals surface area contributed by atoms with Crippen molar-refractivity contribution in [3.63, 3.8) is 0 Å². The van der Waals surface area contributed by atoms with Crippen LogP contribution in [0.1, 0.15) is 44.6 Å². The fourth-order valence-electron chi connectivity index (χ4n) is 3.17. The Morgan fingerprint density at radius 3 is 2.83 bits per heavy atom. The summed E-state index contributed by atoms with van der Waals surface area (Å²) in [6, 6.07) is 4.65. The highest BCUT2D eigenvalue weighted by atomic mass is 15.2. The maximum Gasteiger partial charge on any atom is 0.0270 e. The Kier molecular flexibility index (Phi) is 5.14. The number of aromatic nitrogens is 1. The predicted octanol–water partition coefficient (Wildman–Crippen LogP) is 2.67. The smallest absolute Gasteiger partial charge is 0.0270 e. The van der Waals surface area contributed by atoms with Crippen molar-refractivity contribution in [2.75, 3.05) is 0 Å². The standard InChI is InChI=1S/C15H25N3/c1-12-3-2-4-14(11-12)15(18-16)6-5-13-7-9-17-10-8-13/h7-10,12,14-15,18H,2-6,11,16H2,1H3. The van der Waals surface area contributed by atoms with Gasteiger partial charge in [-0.2, -0.15) is 0 Å². The van der Waals surface area contributed by atoms with Gasteiger partial charge in [0.25, 0.3) is 0 Å². The van der Waals surface area contributed by atoms with Gasteiger partial charge in [0.2, 0.25) is 0 Å². The van der Waals surface area contributed by atoms with Crippen molar-refractivity contribution in [3.05, 3.63) is 30.1 Å². The summed E-state index contributed by atoms with van der Waals surface area (Å²) in [5.41, 5.74) is 4.40. The van der Waals surface area contributed by atoms with E-state index in [1.54, 1.807) is 0 Å². The van der Waals surface area contributed by atoms with E-state index in [1.165, 1.54) is 31.2 Å². The van der Waals surface area contributed by atoms with Crippen molar-refractivity contribution in [3.8, 4) is 0 Å². The zero-order valence-corrected chi connectivity index (χ0v) is 11.3. The summed E-state index contributed by atoms with van der Waals surface area (Å²) < 4.78 is 0. The van der Waals surface area contributed by atoms with E-state index in [0.717, 1.165) is 24.7 Å². The molecular formula is C15H25N3. The van der Waals surface area contributed by atoms with Gasteiger partial charge < -0.3 is 0 Å². The van der Waals surface area contributed by atoms with Gasteiger partial charge in [0, 0.05) is 18.4 Å². The number of aryl methyl sites for hydroxylation is 1. The molecule has 3 N–H and O–H groups in total. The highest BCUT2D eigenvalue weighted by Crippen LogP contribution is 2.31. The van der Waals surface area contributed by atoms with Crippen LogP contribution in [0.5, 0.6) is 0 Å². The summed E-state index contributed by atoms with van der Waals surface area (Å²) in [7, 11) is 0. The highest BCUT2D eigenvalue weighted by Gasteiger charge is 2.25. The van der Waals surface area contributed by atoms with Crippen molar-refractivity contribution < 1.29 is 0 Å². The Bertz CT molecular complexity index is 339. The molecule has 3 atom stereocenters. The van der Waals surface area contributed by atoms with E-state index in [1.807, 2.05) is 12.4 Å². The number of nitrogens with zero attached hydrogens (tertiary/aromatic N) is 1. The van der Waals surface area contributed by atoms with Crippen molar-refractivity contribution in [2.24, 2.45) is 17.7 Å². The number of hydrogen-bond acceptors (Lipinski definition) is 3. The van der Waals surface area contributed by atoms with Crippen LogP contribution < -0.4 is 11.3 Å². The SMILES string of the molecule is CC1CCCC(C(CCc2ccncc2)NN)C1. The first kappa shape index (κ1) is 13.5. The summed E-state index contributed by atoms with van der Waals surface area (Å²) in [5, 5.41) is 0. The third kappa shape index (κ3) is 3.79. The first-order valence-electron chi connectivity index (χ1n) is 7.14. The Balaban J connectivity index is 1.85. The molecule has 1 aliphatic rings. The van der Waals surface area contributed by atoms with Crippen LogP contribution in [0.2, 0.25) is 0 Å². The van der Waals surface area contributed by atoms with Crippen molar-refractivity contribution in [2.45, 2.75) is 51.5 Å². The fourth-order valence-corrected chi connectivity index (χ4v) is 3.17. The second-order valence-electron chi connectivity index (χ2n) is 5.70. The minimum atomic E-state index is 0.459. The van der Waals surface area contributed by atoms with Gasteiger partial charge in [-0.15, -0.1) is 0 Å². The first-order valence-corrected chi connectivity index (χ1v) is 7.14. The zero-order valence-electron chi connectivity index (χ0n) is 11.3. The van der Waals surface area contributed by atoms with Gasteiger partial charge in [0.1, 0.15) is 0 Å². The normalized spacial score (nSPS) is 25.9. The summed E-state index contributed by atoms with van der Waals surface area (Å²) in [4.78, 5) is 4.05. The van der Waals surface area contributed by atoms with E-state index in [4.69, 9.17) is 5.84 Å². The lowest BCUT2D eigenvalue weighted by molar-refractivity contribution is 0.216. The van der Waals surface area contributed by atoms with Gasteiger partial charge in [-0.25, -0.2) is 0 Å². The molecule has 3 unspecified atom stereocenters. The van der Waals surface area contributed by atoms with Gasteiger partial charge in [0.15, 0.2) is 0 Å². The second kappa shape index (κ2) is 6.86. The minimum Gasteiger partial charge on any atom is -0.271 e. The molecule has 1 saturated carbocycles. The lowest BCUT2D eigenvalue weighted by atomic mass is 9.77. The lowest BCUT2D eigenvalue weighted by Crippen LogP contribution is -2.42. The molecule has 0 saturated heterocycles. The van der Waals surface area contributed by atoms with E-state index in [0.29, 0.717) is 6.04 Å². The predicted molar refractivity (Wildman–Crippen MR) is 74.8 cm³/mol. The van der Waals surface area contributed by atoms with Crippen LogP contribution in [-0.2, 0) is 6.42 Å². The van der Waals surface area contributed by atoms with Gasteiger partial charge in [0.05, 0.1) is 0 Å². The van der Waals surface area contributed by atoms with Crippen molar-refractivity contribution >= 4 is 0 Å². The van der Waals surface area contributed by atoms with Crippen LogP contribution in [0.25, 0.3) is 0 Å². The molecule has 18 heavy (non-hydrogen) atoms. The molecule has 0 radical (unpaired) electrons. The average molecular weight is 247 g/mol. The van der Waals surface area contributed by atoms with Gasteiger partial charge >= 0.3 is 0 Å². The summed E-state index contributed by atoms with van der Waals surface area (Å²) >= 11 is 0. The molecule has 0 amide bonds. The Morgan fingerprint density at radius 1 is 1.39 bits per heavy atom. The second-order valence-corrected chi connectivity index (χ2v) is 5.70. The number of hydrazine groups is 1. The third-order valence-corrected chi connectivity index (χ3v) is 4.25. The van der Waals surface area contributed by atoms with E-state index < -0.39 is 0 Å². The summed E-state index contributed by atoms with van der Waals surface area (Å²) in [5.74, 6) is 7.36. The van der Waals surface area contributed by atoms with Crippen LogP contribution in [0.15, 0.2) is 24.5 Å². The number of pyridine rings is 1. The minimum absolute atomic E-state index is 0.459. The van der Waals surface area contributed by atoms with Crippen molar-refractivity contribution in [1.29, 1.82) is 0 Å². The molecular weight excluding hydrogens is 222 g/mol. The maximum absolute atomic E-state index is 5.75. The van der Waals surface area contributed by atoms with Gasteiger partial charge in [-0.05, 0) is 55.2 Å². The number of nitrogens with two attached hydrogens (primary N) is 1. The van der Waals surface area contributed by atoms with Crippen LogP contribution in [0, 0.1) is 11.8 Å². The molecule has 1 heterocycles. The van der Waals surface area contributed by atoms with Crippen LogP contribution >= 0.6 is 0 Å². The molecule has 3 nitrogen and oxygen atoms in total. The Hall–Kier alpha value is -0.930. The highest BCUT2D eigenvalue weighted by molar-refractivity contribution is 5.10. The molecule has 2 rings (SSSR count). The molecule has 3 heteroatoms. The monoisotopic (exact) mass is 247 g/mol. The molecule has 100 valence electrons. The van der Waals surface area contributed by atoms with Crippen LogP contribution in [-0.4, -0.2) is 11.0 Å². The topological polar surface area (TPSA) is 50.9 Å². The van der Waals surface area contributed by atoms with E-state index >= 15 is 0 Å². The summed E-state index contributed by atoms with van der Waals surface area (Å²) in [6.07, 6.45) is 11.3. The number of nitrogens with one attached hydrogen (secondary N) is 1. The molecule has 1 aliphatic carbocycles. The van der Waals surface area contributed by atoms with E-state index in [9.17, 15) is 0 Å². The number of hydrogen-bond donors (Lipinski definition) is 2. The van der Waals surface area contributed by atoms with Gasteiger partial charge in [-0.3, -0.25) is 16.3 Å². The number of rotatable bonds is 5. The van der Waals surface area contributed by atoms with E-state index in [-0.39, 0.29) is 0 Å². The molecule has 1 aromatic heterocycles. The third-order valence-electron chi connectivity index (χ3n) is 4.25. The molecule has 1 fully saturated rings. The molecule has 0 aromatic carbocycles. The van der Waals surface area contributed by atoms with Crippen molar-refractivity contribution in [1.82, 2.24) is 10.4 Å². The lowest BCUT2D eigenvalue weighted by Gasteiger charge is -2.33. The average Bonchev–Trinajstić information content (AvgIpc) is 2.41.